The number of hydrogen-bond donors (Lipinski definition) is 2. The van der Waals surface area contributed by atoms with Crippen LogP contribution >= 0.6 is 0 Å². The Morgan fingerprint density at radius 3 is 2.50 bits per heavy atom. The Morgan fingerprint density at radius 1 is 1.15 bits per heavy atom. The van der Waals surface area contributed by atoms with E-state index in [1.165, 1.54) is 64.6 Å². The first-order valence-electron chi connectivity index (χ1n) is 11.1. The molecule has 0 bridgehead atoms. The number of unbranched alkanes of at least 4 members (excludes halogenated alkanes) is 1. The van der Waals surface area contributed by atoms with Crippen LogP contribution in [-0.4, -0.2) is 61.8 Å². The van der Waals surface area contributed by atoms with Crippen molar-refractivity contribution >= 4 is 5.96 Å². The first-order valence-corrected chi connectivity index (χ1v) is 11.1. The van der Waals surface area contributed by atoms with Crippen molar-refractivity contribution in [2.24, 2.45) is 10.4 Å². The normalized spacial score (nSPS) is 29.3. The van der Waals surface area contributed by atoms with E-state index in [-0.39, 0.29) is 0 Å². The number of nitrogens with one attached hydrogen (secondary N) is 2. The number of piperidine rings is 1. The Morgan fingerprint density at radius 2 is 1.92 bits per heavy atom. The zero-order valence-corrected chi connectivity index (χ0v) is 17.2. The minimum absolute atomic E-state index is 0.385. The summed E-state index contributed by atoms with van der Waals surface area (Å²) in [5.74, 6) is 1.03. The van der Waals surface area contributed by atoms with Crippen molar-refractivity contribution in [1.82, 2.24) is 15.5 Å². The number of ether oxygens (including phenoxy) is 1. The Balaban J connectivity index is 1.47. The Hall–Kier alpha value is -0.810. The van der Waals surface area contributed by atoms with Crippen LogP contribution in [0.1, 0.15) is 72.1 Å². The summed E-state index contributed by atoms with van der Waals surface area (Å²) in [5, 5.41) is 7.51. The van der Waals surface area contributed by atoms with Gasteiger partial charge in [-0.2, -0.15) is 0 Å². The highest BCUT2D eigenvalue weighted by Gasteiger charge is 2.59. The van der Waals surface area contributed by atoms with Crippen LogP contribution < -0.4 is 10.6 Å². The maximum Gasteiger partial charge on any atom is 0.191 e. The second-order valence-corrected chi connectivity index (χ2v) is 8.40. The van der Waals surface area contributed by atoms with Crippen molar-refractivity contribution < 1.29 is 4.74 Å². The lowest BCUT2D eigenvalue weighted by Crippen LogP contribution is -2.69. The minimum atomic E-state index is 0.385. The first kappa shape index (κ1) is 19.9. The summed E-state index contributed by atoms with van der Waals surface area (Å²) in [6.45, 7) is 11.9. The Labute approximate surface area is 160 Å². The molecule has 1 heterocycles. The second-order valence-electron chi connectivity index (χ2n) is 8.40. The van der Waals surface area contributed by atoms with Gasteiger partial charge in [-0.1, -0.05) is 19.8 Å². The molecule has 1 aliphatic heterocycles. The molecule has 0 aromatic heterocycles. The Kier molecular flexibility index (Phi) is 7.21. The molecule has 2 saturated carbocycles. The van der Waals surface area contributed by atoms with Crippen molar-refractivity contribution in [1.29, 1.82) is 0 Å². The number of nitrogens with zero attached hydrogens (tertiary/aromatic N) is 2. The van der Waals surface area contributed by atoms with E-state index in [9.17, 15) is 0 Å². The van der Waals surface area contributed by atoms with Gasteiger partial charge in [-0.25, -0.2) is 0 Å². The van der Waals surface area contributed by atoms with Crippen LogP contribution in [0.2, 0.25) is 0 Å². The van der Waals surface area contributed by atoms with E-state index in [4.69, 9.17) is 9.73 Å². The largest absolute Gasteiger partial charge is 0.378 e. The van der Waals surface area contributed by atoms with E-state index >= 15 is 0 Å². The van der Waals surface area contributed by atoms with Crippen LogP contribution in [0.3, 0.4) is 0 Å². The second kappa shape index (κ2) is 9.41. The molecule has 0 aromatic carbocycles. The van der Waals surface area contributed by atoms with Crippen LogP contribution in [0, 0.1) is 5.41 Å². The first-order chi connectivity index (χ1) is 12.7. The lowest BCUT2D eigenvalue weighted by Gasteiger charge is -2.61. The average Bonchev–Trinajstić information content (AvgIpc) is 2.59. The predicted octanol–water partition coefficient (Wildman–Crippen LogP) is 3.15. The fraction of sp³-hybridized carbons (Fsp3) is 0.952. The summed E-state index contributed by atoms with van der Waals surface area (Å²) in [6.07, 6.45) is 10.6. The molecule has 2 atom stereocenters. The lowest BCUT2D eigenvalue weighted by molar-refractivity contribution is -0.168. The number of guanidine groups is 1. The van der Waals surface area contributed by atoms with Gasteiger partial charge >= 0.3 is 0 Å². The summed E-state index contributed by atoms with van der Waals surface area (Å²) < 4.78 is 6.00. The van der Waals surface area contributed by atoms with Gasteiger partial charge < -0.3 is 20.3 Å². The van der Waals surface area contributed by atoms with Gasteiger partial charge in [0.05, 0.1) is 6.10 Å². The molecule has 2 unspecified atom stereocenters. The molecule has 5 heteroatoms. The molecule has 1 saturated heterocycles. The summed E-state index contributed by atoms with van der Waals surface area (Å²) in [6, 6.07) is 1.10. The van der Waals surface area contributed by atoms with Crippen LogP contribution in [0.5, 0.6) is 0 Å². The minimum Gasteiger partial charge on any atom is -0.378 e. The third-order valence-electron chi connectivity index (χ3n) is 6.82. The molecular weight excluding hydrogens is 324 g/mol. The van der Waals surface area contributed by atoms with Crippen molar-refractivity contribution in [2.75, 3.05) is 32.8 Å². The highest BCUT2D eigenvalue weighted by atomic mass is 16.5. The van der Waals surface area contributed by atoms with E-state index in [1.807, 2.05) is 0 Å². The third-order valence-corrected chi connectivity index (χ3v) is 6.82. The van der Waals surface area contributed by atoms with Gasteiger partial charge in [0.2, 0.25) is 0 Å². The smallest absolute Gasteiger partial charge is 0.191 e. The highest BCUT2D eigenvalue weighted by molar-refractivity contribution is 5.80. The zero-order valence-electron chi connectivity index (χ0n) is 17.2. The standard InChI is InChI=1S/C21H40N4O/c1-4-7-13-25-14-9-17(10-15-25)23-20(22-5-2)24-18-16-19(26-6-3)21(18)11-8-12-21/h17-19H,4-16H2,1-3H3,(H2,22,23,24). The molecule has 0 amide bonds. The van der Waals surface area contributed by atoms with E-state index in [0.29, 0.717) is 23.6 Å². The quantitative estimate of drug-likeness (QED) is 0.513. The van der Waals surface area contributed by atoms with Crippen LogP contribution in [0.15, 0.2) is 4.99 Å². The maximum absolute atomic E-state index is 6.00. The van der Waals surface area contributed by atoms with Gasteiger partial charge in [0.25, 0.3) is 0 Å². The van der Waals surface area contributed by atoms with E-state index in [0.717, 1.165) is 25.5 Å². The summed E-state index contributed by atoms with van der Waals surface area (Å²) in [5.41, 5.74) is 0.385. The van der Waals surface area contributed by atoms with E-state index in [1.54, 1.807) is 0 Å². The molecule has 1 spiro atoms. The summed E-state index contributed by atoms with van der Waals surface area (Å²) >= 11 is 0. The van der Waals surface area contributed by atoms with Gasteiger partial charge in [-0.15, -0.1) is 0 Å². The molecule has 5 nitrogen and oxygen atoms in total. The monoisotopic (exact) mass is 364 g/mol. The molecule has 26 heavy (non-hydrogen) atoms. The fourth-order valence-electron chi connectivity index (χ4n) is 4.97. The van der Waals surface area contributed by atoms with Crippen LogP contribution in [-0.2, 0) is 4.74 Å². The van der Waals surface area contributed by atoms with Crippen molar-refractivity contribution in [3.63, 3.8) is 0 Å². The molecular formula is C21H40N4O. The molecule has 3 fully saturated rings. The number of rotatable bonds is 8. The van der Waals surface area contributed by atoms with Crippen LogP contribution in [0.4, 0.5) is 0 Å². The summed E-state index contributed by atoms with van der Waals surface area (Å²) in [7, 11) is 0. The summed E-state index contributed by atoms with van der Waals surface area (Å²) in [4.78, 5) is 7.36. The van der Waals surface area contributed by atoms with Crippen molar-refractivity contribution in [2.45, 2.75) is 90.3 Å². The van der Waals surface area contributed by atoms with Crippen LogP contribution in [0.25, 0.3) is 0 Å². The van der Waals surface area contributed by atoms with Crippen molar-refractivity contribution in [3.05, 3.63) is 0 Å². The number of aliphatic imine (C=N–C) groups is 1. The molecule has 3 rings (SSSR count). The highest BCUT2D eigenvalue weighted by Crippen LogP contribution is 2.57. The average molecular weight is 365 g/mol. The van der Waals surface area contributed by atoms with E-state index in [2.05, 4.69) is 36.3 Å². The molecule has 0 aromatic rings. The lowest BCUT2D eigenvalue weighted by atomic mass is 9.51. The molecule has 2 N–H and O–H groups in total. The maximum atomic E-state index is 6.00. The number of likely N-dealkylation sites (tertiary alicyclic amines) is 1. The Bertz CT molecular complexity index is 455. The SMILES string of the molecule is CCCCN1CCC(NC(=NCC)NC2CC(OCC)C23CCC3)CC1. The van der Waals surface area contributed by atoms with Gasteiger partial charge in [0.1, 0.15) is 0 Å². The third kappa shape index (κ3) is 4.36. The topological polar surface area (TPSA) is 48.9 Å². The van der Waals surface area contributed by atoms with Gasteiger partial charge in [-0.3, -0.25) is 4.99 Å². The molecule has 2 aliphatic carbocycles. The van der Waals surface area contributed by atoms with Crippen molar-refractivity contribution in [3.8, 4) is 0 Å². The van der Waals surface area contributed by atoms with Gasteiger partial charge in [0, 0.05) is 43.7 Å². The zero-order chi connectivity index (χ0) is 18.4. The van der Waals surface area contributed by atoms with Gasteiger partial charge in [-0.05, 0) is 58.9 Å². The van der Waals surface area contributed by atoms with E-state index < -0.39 is 0 Å². The fourth-order valence-corrected chi connectivity index (χ4v) is 4.97. The number of hydrogen-bond acceptors (Lipinski definition) is 3. The molecule has 3 aliphatic rings. The molecule has 0 radical (unpaired) electrons. The molecule has 150 valence electrons. The predicted molar refractivity (Wildman–Crippen MR) is 109 cm³/mol. The van der Waals surface area contributed by atoms with Gasteiger partial charge in [0.15, 0.2) is 5.96 Å².